The summed E-state index contributed by atoms with van der Waals surface area (Å²) in [7, 11) is 2.16. The smallest absolute Gasteiger partial charge is 0.00861 e. The summed E-state index contributed by atoms with van der Waals surface area (Å²) >= 11 is 1.90. The van der Waals surface area contributed by atoms with E-state index in [9.17, 15) is 0 Å². The zero-order valence-electron chi connectivity index (χ0n) is 6.68. The molecule has 0 atom stereocenters. The molecule has 0 aromatic carbocycles. The van der Waals surface area contributed by atoms with Crippen molar-refractivity contribution in [3.8, 4) is 0 Å². The van der Waals surface area contributed by atoms with Gasteiger partial charge in [0, 0.05) is 12.3 Å². The highest BCUT2D eigenvalue weighted by Gasteiger charge is 1.93. The van der Waals surface area contributed by atoms with E-state index in [0.717, 1.165) is 0 Å². The summed E-state index contributed by atoms with van der Waals surface area (Å²) in [5.74, 6) is 1.19. The van der Waals surface area contributed by atoms with Crippen molar-refractivity contribution >= 4 is 11.9 Å². The van der Waals surface area contributed by atoms with Gasteiger partial charge in [0.25, 0.3) is 0 Å². The summed E-state index contributed by atoms with van der Waals surface area (Å²) in [4.78, 5) is 0. The molecule has 1 nitrogen and oxygen atoms in total. The zero-order chi connectivity index (χ0) is 7.11. The third-order valence-corrected chi connectivity index (χ3v) is 2.06. The molecule has 0 saturated carbocycles. The lowest BCUT2D eigenvalue weighted by Gasteiger charge is -2.12. The Morgan fingerprint density at radius 1 is 1.33 bits per heavy atom. The van der Waals surface area contributed by atoms with Crippen LogP contribution in [-0.4, -0.2) is 23.7 Å². The third kappa shape index (κ3) is 6.19. The Kier molecular flexibility index (Phi) is 6.65. The summed E-state index contributed by atoms with van der Waals surface area (Å²) in [6.07, 6.45) is 2.62. The van der Waals surface area contributed by atoms with Crippen LogP contribution < -0.4 is 0 Å². The molecule has 9 heavy (non-hydrogen) atoms. The standard InChI is InChI=1S/C7H17NS/c1-4-6-7-8(3)9-5-2/h4-7H2,1-3H3. The number of unbranched alkanes of at least 4 members (excludes halogenated alkanes) is 1. The van der Waals surface area contributed by atoms with Crippen LogP contribution in [0.4, 0.5) is 0 Å². The third-order valence-electron chi connectivity index (χ3n) is 1.18. The molecule has 0 spiro atoms. The predicted molar refractivity (Wildman–Crippen MR) is 45.7 cm³/mol. The SMILES string of the molecule is CCCCN(C)SCC. The number of hydrogen-bond donors (Lipinski definition) is 0. The molecular weight excluding hydrogens is 130 g/mol. The van der Waals surface area contributed by atoms with E-state index in [4.69, 9.17) is 0 Å². The van der Waals surface area contributed by atoms with E-state index in [1.807, 2.05) is 11.9 Å². The fourth-order valence-electron chi connectivity index (χ4n) is 0.666. The van der Waals surface area contributed by atoms with E-state index in [2.05, 4.69) is 25.2 Å². The van der Waals surface area contributed by atoms with Crippen LogP contribution in [0.3, 0.4) is 0 Å². The predicted octanol–water partition coefficient (Wildman–Crippen LogP) is 2.39. The Labute approximate surface area is 62.9 Å². The summed E-state index contributed by atoms with van der Waals surface area (Å²) in [5.41, 5.74) is 0. The minimum atomic E-state index is 1.19. The van der Waals surface area contributed by atoms with Crippen molar-refractivity contribution in [1.29, 1.82) is 0 Å². The molecule has 0 bridgehead atoms. The van der Waals surface area contributed by atoms with Crippen LogP contribution in [0, 0.1) is 0 Å². The van der Waals surface area contributed by atoms with E-state index in [0.29, 0.717) is 0 Å². The van der Waals surface area contributed by atoms with Crippen molar-refractivity contribution in [2.75, 3.05) is 19.3 Å². The average Bonchev–Trinajstić information content (AvgIpc) is 1.85. The molecule has 0 rings (SSSR count). The molecule has 0 amide bonds. The van der Waals surface area contributed by atoms with Gasteiger partial charge in [-0.2, -0.15) is 0 Å². The highest BCUT2D eigenvalue weighted by molar-refractivity contribution is 7.96. The Morgan fingerprint density at radius 3 is 2.44 bits per heavy atom. The molecule has 0 aliphatic rings. The Bertz CT molecular complexity index is 56.9. The maximum absolute atomic E-state index is 2.31. The lowest BCUT2D eigenvalue weighted by molar-refractivity contribution is 0.537. The van der Waals surface area contributed by atoms with Crippen LogP contribution >= 0.6 is 11.9 Å². The van der Waals surface area contributed by atoms with Gasteiger partial charge in [0.1, 0.15) is 0 Å². The molecule has 0 unspecified atom stereocenters. The summed E-state index contributed by atoms with van der Waals surface area (Å²) in [5, 5.41) is 0. The molecule has 0 aromatic heterocycles. The minimum Gasteiger partial charge on any atom is -0.254 e. The van der Waals surface area contributed by atoms with Gasteiger partial charge in [0.2, 0.25) is 0 Å². The number of hydrogen-bond acceptors (Lipinski definition) is 2. The summed E-state index contributed by atoms with van der Waals surface area (Å²) in [6, 6.07) is 0. The summed E-state index contributed by atoms with van der Waals surface area (Å²) in [6.45, 7) is 5.65. The Morgan fingerprint density at radius 2 is 2.00 bits per heavy atom. The highest BCUT2D eigenvalue weighted by atomic mass is 32.2. The van der Waals surface area contributed by atoms with Gasteiger partial charge in [-0.05, 0) is 13.5 Å². The molecule has 56 valence electrons. The Hall–Kier alpha value is 0.310. The molecule has 0 aliphatic heterocycles. The van der Waals surface area contributed by atoms with Crippen LogP contribution in [-0.2, 0) is 0 Å². The molecule has 0 saturated heterocycles. The molecule has 0 N–H and O–H groups in total. The van der Waals surface area contributed by atoms with E-state index < -0.39 is 0 Å². The largest absolute Gasteiger partial charge is 0.254 e. The first-order chi connectivity index (χ1) is 4.31. The minimum absolute atomic E-state index is 1.19. The van der Waals surface area contributed by atoms with E-state index in [1.165, 1.54) is 25.1 Å². The van der Waals surface area contributed by atoms with Gasteiger partial charge >= 0.3 is 0 Å². The van der Waals surface area contributed by atoms with Crippen molar-refractivity contribution in [2.24, 2.45) is 0 Å². The van der Waals surface area contributed by atoms with Crippen LogP contribution in [0.15, 0.2) is 0 Å². The monoisotopic (exact) mass is 147 g/mol. The van der Waals surface area contributed by atoms with Crippen LogP contribution in [0.1, 0.15) is 26.7 Å². The highest BCUT2D eigenvalue weighted by Crippen LogP contribution is 2.05. The zero-order valence-corrected chi connectivity index (χ0v) is 7.50. The maximum atomic E-state index is 2.31. The maximum Gasteiger partial charge on any atom is 0.00861 e. The van der Waals surface area contributed by atoms with Gasteiger partial charge < -0.3 is 0 Å². The van der Waals surface area contributed by atoms with Crippen LogP contribution in [0.5, 0.6) is 0 Å². The lowest BCUT2D eigenvalue weighted by atomic mass is 10.3. The van der Waals surface area contributed by atoms with Gasteiger partial charge in [-0.25, -0.2) is 0 Å². The topological polar surface area (TPSA) is 3.24 Å². The van der Waals surface area contributed by atoms with Crippen molar-refractivity contribution in [2.45, 2.75) is 26.7 Å². The van der Waals surface area contributed by atoms with Crippen LogP contribution in [0.2, 0.25) is 0 Å². The summed E-state index contributed by atoms with van der Waals surface area (Å²) < 4.78 is 2.31. The normalized spacial score (nSPS) is 10.7. The van der Waals surface area contributed by atoms with Crippen molar-refractivity contribution in [3.05, 3.63) is 0 Å². The fraction of sp³-hybridized carbons (Fsp3) is 1.00. The lowest BCUT2D eigenvalue weighted by Crippen LogP contribution is -2.10. The van der Waals surface area contributed by atoms with E-state index in [-0.39, 0.29) is 0 Å². The van der Waals surface area contributed by atoms with Gasteiger partial charge in [-0.1, -0.05) is 32.2 Å². The van der Waals surface area contributed by atoms with Gasteiger partial charge in [-0.3, -0.25) is 4.31 Å². The first kappa shape index (κ1) is 9.31. The van der Waals surface area contributed by atoms with Crippen molar-refractivity contribution < 1.29 is 0 Å². The first-order valence-corrected chi connectivity index (χ1v) is 4.59. The number of rotatable bonds is 5. The number of nitrogens with zero attached hydrogens (tertiary/aromatic N) is 1. The fourth-order valence-corrected chi connectivity index (χ4v) is 1.36. The molecular formula is C7H17NS. The molecule has 0 aliphatic carbocycles. The second-order valence-corrected chi connectivity index (χ2v) is 3.58. The average molecular weight is 147 g/mol. The van der Waals surface area contributed by atoms with Gasteiger partial charge in [0.05, 0.1) is 0 Å². The second kappa shape index (κ2) is 6.43. The van der Waals surface area contributed by atoms with E-state index in [1.54, 1.807) is 0 Å². The second-order valence-electron chi connectivity index (χ2n) is 2.12. The molecule has 0 fully saturated rings. The van der Waals surface area contributed by atoms with Crippen molar-refractivity contribution in [1.82, 2.24) is 4.31 Å². The molecule has 2 heteroatoms. The van der Waals surface area contributed by atoms with Gasteiger partial charge in [-0.15, -0.1) is 0 Å². The Balaban J connectivity index is 2.95. The van der Waals surface area contributed by atoms with E-state index >= 15 is 0 Å². The van der Waals surface area contributed by atoms with Crippen LogP contribution in [0.25, 0.3) is 0 Å². The molecule has 0 heterocycles. The van der Waals surface area contributed by atoms with Gasteiger partial charge in [0.15, 0.2) is 0 Å². The quantitative estimate of drug-likeness (QED) is 0.549. The van der Waals surface area contributed by atoms with Crippen molar-refractivity contribution in [3.63, 3.8) is 0 Å². The molecule has 0 radical (unpaired) electrons. The first-order valence-electron chi connectivity index (χ1n) is 3.65. The molecule has 0 aromatic rings.